The first-order valence-corrected chi connectivity index (χ1v) is 15.2. The number of halogens is 3. The maximum absolute atomic E-state index is 12.5. The zero-order valence-corrected chi connectivity index (χ0v) is 24.1. The van der Waals surface area contributed by atoms with E-state index in [-0.39, 0.29) is 17.8 Å². The molecule has 1 fully saturated rings. The summed E-state index contributed by atoms with van der Waals surface area (Å²) in [6, 6.07) is 23.4. The monoisotopic (exact) mass is 600 g/mol. The normalized spacial score (nSPS) is 14.6. The van der Waals surface area contributed by atoms with Gasteiger partial charge in [-0.05, 0) is 90.1 Å². The van der Waals surface area contributed by atoms with Crippen molar-refractivity contribution in [1.29, 1.82) is 0 Å². The molecule has 1 N–H and O–H groups in total. The van der Waals surface area contributed by atoms with E-state index in [0.717, 1.165) is 55.1 Å². The molecule has 0 aromatic heterocycles. The summed E-state index contributed by atoms with van der Waals surface area (Å²) >= 11 is 1.87. The van der Waals surface area contributed by atoms with Crippen molar-refractivity contribution in [2.75, 3.05) is 24.7 Å². The van der Waals surface area contributed by atoms with Crippen LogP contribution in [0, 0.1) is 5.41 Å². The second-order valence-electron chi connectivity index (χ2n) is 10.7. The van der Waals surface area contributed by atoms with Crippen LogP contribution in [0.2, 0.25) is 0 Å². The van der Waals surface area contributed by atoms with E-state index in [0.29, 0.717) is 25.4 Å². The predicted molar refractivity (Wildman–Crippen MR) is 158 cm³/mol. The van der Waals surface area contributed by atoms with E-state index in [1.165, 1.54) is 23.3 Å². The van der Waals surface area contributed by atoms with Gasteiger partial charge in [-0.1, -0.05) is 42.5 Å². The van der Waals surface area contributed by atoms with Crippen LogP contribution in [-0.2, 0) is 4.79 Å². The Bertz CT molecular complexity index is 1290. The van der Waals surface area contributed by atoms with E-state index in [9.17, 15) is 22.8 Å². The average molecular weight is 601 g/mol. The second-order valence-corrected chi connectivity index (χ2v) is 11.8. The number of ketones is 1. The maximum atomic E-state index is 12.5. The molecule has 0 saturated heterocycles. The molecule has 1 atom stereocenters. The number of Topliss-reactive ketones (excluding diaryl/α,β-unsaturated/α-hetero) is 1. The minimum absolute atomic E-state index is 0.0180. The van der Waals surface area contributed by atoms with Crippen LogP contribution in [0.1, 0.15) is 65.9 Å². The molecule has 1 saturated carbocycles. The van der Waals surface area contributed by atoms with Crippen molar-refractivity contribution in [2.45, 2.75) is 50.6 Å². The summed E-state index contributed by atoms with van der Waals surface area (Å²) in [6.45, 7) is 0.725. The SMILES string of the molecule is O=C(O)CC1(CSCCCC(c2ccccc2)c2ccc(OCCCOc3ccc(C(=O)C(F)(F)F)cc3)cc2)CC1. The van der Waals surface area contributed by atoms with Gasteiger partial charge in [-0.15, -0.1) is 0 Å². The molecule has 42 heavy (non-hydrogen) atoms. The Labute approximate surface area is 248 Å². The lowest BCUT2D eigenvalue weighted by Gasteiger charge is -2.19. The highest BCUT2D eigenvalue weighted by Gasteiger charge is 2.44. The number of ether oxygens (including phenoxy) is 2. The van der Waals surface area contributed by atoms with Crippen LogP contribution in [0.4, 0.5) is 13.2 Å². The summed E-state index contributed by atoms with van der Waals surface area (Å²) in [6.07, 6.45) is 0.0172. The van der Waals surface area contributed by atoms with Gasteiger partial charge in [0.15, 0.2) is 0 Å². The lowest BCUT2D eigenvalue weighted by molar-refractivity contribution is -0.138. The number of carbonyl (C=O) groups excluding carboxylic acids is 1. The van der Waals surface area contributed by atoms with Crippen LogP contribution in [0.25, 0.3) is 0 Å². The van der Waals surface area contributed by atoms with E-state index in [1.807, 2.05) is 30.0 Å². The van der Waals surface area contributed by atoms with Gasteiger partial charge in [-0.3, -0.25) is 9.59 Å². The van der Waals surface area contributed by atoms with Gasteiger partial charge in [-0.25, -0.2) is 0 Å². The van der Waals surface area contributed by atoms with Crippen molar-refractivity contribution in [3.05, 3.63) is 95.6 Å². The molecule has 3 aromatic rings. The molecule has 1 aliphatic carbocycles. The third-order valence-electron chi connectivity index (χ3n) is 7.36. The van der Waals surface area contributed by atoms with E-state index in [1.54, 1.807) is 0 Å². The van der Waals surface area contributed by atoms with Gasteiger partial charge in [0.25, 0.3) is 5.78 Å². The van der Waals surface area contributed by atoms with Crippen LogP contribution in [-0.4, -0.2) is 47.8 Å². The molecule has 5 nitrogen and oxygen atoms in total. The third kappa shape index (κ3) is 9.54. The standard InChI is InChI=1S/C33H35F3O5S/c34-33(35,36)31(39)26-11-15-28(16-12-26)41-20-5-19-40-27-13-9-25(10-14-27)29(24-6-2-1-3-7-24)8-4-21-42-23-32(17-18-32)22-30(37)38/h1-3,6-7,9-16,29H,4-5,8,17-23H2,(H,37,38). The first kappa shape index (κ1) is 31.5. The van der Waals surface area contributed by atoms with Crippen LogP contribution in [0.15, 0.2) is 78.9 Å². The molecule has 1 unspecified atom stereocenters. The molecule has 0 bridgehead atoms. The highest BCUT2D eigenvalue weighted by molar-refractivity contribution is 7.99. The third-order valence-corrected chi connectivity index (χ3v) is 8.75. The Balaban J connectivity index is 1.21. The number of aliphatic carboxylic acids is 1. The van der Waals surface area contributed by atoms with Gasteiger partial charge in [0.2, 0.25) is 0 Å². The Kier molecular flexibility index (Phi) is 11.0. The molecular weight excluding hydrogens is 565 g/mol. The molecule has 0 heterocycles. The molecule has 3 aromatic carbocycles. The Morgan fingerprint density at radius 1 is 0.833 bits per heavy atom. The number of thioether (sulfide) groups is 1. The van der Waals surface area contributed by atoms with Gasteiger partial charge in [0.05, 0.1) is 19.6 Å². The van der Waals surface area contributed by atoms with Gasteiger partial charge >= 0.3 is 12.1 Å². The van der Waals surface area contributed by atoms with Crippen molar-refractivity contribution in [3.8, 4) is 11.5 Å². The van der Waals surface area contributed by atoms with Crippen molar-refractivity contribution >= 4 is 23.5 Å². The quantitative estimate of drug-likeness (QED) is 0.124. The molecule has 0 radical (unpaired) electrons. The fraction of sp³-hybridized carbons (Fsp3) is 0.394. The minimum Gasteiger partial charge on any atom is -0.493 e. The van der Waals surface area contributed by atoms with E-state index in [2.05, 4.69) is 36.4 Å². The summed E-state index contributed by atoms with van der Waals surface area (Å²) in [5, 5.41) is 9.13. The summed E-state index contributed by atoms with van der Waals surface area (Å²) in [5.41, 5.74) is 2.06. The second kappa shape index (κ2) is 14.6. The summed E-state index contributed by atoms with van der Waals surface area (Å²) in [4.78, 5) is 22.4. The number of hydrogen-bond acceptors (Lipinski definition) is 5. The Morgan fingerprint density at radius 2 is 1.40 bits per heavy atom. The summed E-state index contributed by atoms with van der Waals surface area (Å²) in [7, 11) is 0. The molecule has 224 valence electrons. The van der Waals surface area contributed by atoms with Crippen molar-refractivity contribution in [1.82, 2.24) is 0 Å². The molecular formula is C33H35F3O5S. The molecule has 0 amide bonds. The molecule has 1 aliphatic rings. The van der Waals surface area contributed by atoms with Gasteiger partial charge in [0, 0.05) is 17.9 Å². The van der Waals surface area contributed by atoms with Crippen molar-refractivity contribution < 1.29 is 37.3 Å². The minimum atomic E-state index is -4.90. The predicted octanol–water partition coefficient (Wildman–Crippen LogP) is 8.18. The molecule has 4 rings (SSSR count). The Hall–Kier alpha value is -3.46. The fourth-order valence-electron chi connectivity index (χ4n) is 4.86. The molecule has 0 aliphatic heterocycles. The highest BCUT2D eigenvalue weighted by Crippen LogP contribution is 2.51. The van der Waals surface area contributed by atoms with Crippen molar-refractivity contribution in [3.63, 3.8) is 0 Å². The zero-order chi connectivity index (χ0) is 30.0. The first-order valence-electron chi connectivity index (χ1n) is 14.1. The van der Waals surface area contributed by atoms with Gasteiger partial charge in [0.1, 0.15) is 11.5 Å². The van der Waals surface area contributed by atoms with E-state index >= 15 is 0 Å². The number of carboxylic acids is 1. The summed E-state index contributed by atoms with van der Waals surface area (Å²) in [5.74, 6) is 0.722. The van der Waals surface area contributed by atoms with E-state index < -0.39 is 23.5 Å². The lowest BCUT2D eigenvalue weighted by Crippen LogP contribution is -2.22. The maximum Gasteiger partial charge on any atom is 0.454 e. The topological polar surface area (TPSA) is 72.8 Å². The van der Waals surface area contributed by atoms with Crippen LogP contribution in [0.3, 0.4) is 0 Å². The largest absolute Gasteiger partial charge is 0.493 e. The van der Waals surface area contributed by atoms with Crippen LogP contribution < -0.4 is 9.47 Å². The smallest absolute Gasteiger partial charge is 0.454 e. The average Bonchev–Trinajstić information content (AvgIpc) is 3.73. The summed E-state index contributed by atoms with van der Waals surface area (Å²) < 4.78 is 49.0. The lowest BCUT2D eigenvalue weighted by atomic mass is 9.88. The number of benzene rings is 3. The number of carboxylic acid groups (broad SMARTS) is 1. The first-order chi connectivity index (χ1) is 20.2. The molecule has 9 heteroatoms. The fourth-order valence-corrected chi connectivity index (χ4v) is 6.20. The highest BCUT2D eigenvalue weighted by atomic mass is 32.2. The van der Waals surface area contributed by atoms with Gasteiger partial charge in [-0.2, -0.15) is 24.9 Å². The van der Waals surface area contributed by atoms with Crippen LogP contribution in [0.5, 0.6) is 11.5 Å². The van der Waals surface area contributed by atoms with Crippen molar-refractivity contribution in [2.24, 2.45) is 5.41 Å². The van der Waals surface area contributed by atoms with E-state index in [4.69, 9.17) is 14.6 Å². The number of hydrogen-bond donors (Lipinski definition) is 1. The number of carbonyl (C=O) groups is 2. The Morgan fingerprint density at radius 3 is 1.95 bits per heavy atom. The van der Waals surface area contributed by atoms with Crippen LogP contribution >= 0.6 is 11.8 Å². The molecule has 0 spiro atoms. The van der Waals surface area contributed by atoms with Gasteiger partial charge < -0.3 is 14.6 Å². The zero-order valence-electron chi connectivity index (χ0n) is 23.3. The number of alkyl halides is 3. The number of rotatable bonds is 17.